The number of aryl methyl sites for hydroxylation is 1. The van der Waals surface area contributed by atoms with E-state index in [-0.39, 0.29) is 12.5 Å². The lowest BCUT2D eigenvalue weighted by molar-refractivity contribution is -0.138. The molecule has 2 rings (SSSR count). The van der Waals surface area contributed by atoms with Gasteiger partial charge >= 0.3 is 5.97 Å². The molecule has 20 heavy (non-hydrogen) atoms. The van der Waals surface area contributed by atoms with Gasteiger partial charge in [0.05, 0.1) is 25.7 Å². The number of hydrogen-bond acceptors (Lipinski definition) is 5. The quantitative estimate of drug-likeness (QED) is 0.795. The molecule has 1 N–H and O–H groups in total. The Morgan fingerprint density at radius 2 is 2.25 bits per heavy atom. The number of nitrogens with zero attached hydrogens (tertiary/aromatic N) is 4. The molecule has 0 spiro atoms. The third-order valence-electron chi connectivity index (χ3n) is 3.56. The molecule has 1 fully saturated rings. The first-order chi connectivity index (χ1) is 9.69. The number of carbonyl (C=O) groups is 1. The fourth-order valence-electron chi connectivity index (χ4n) is 2.42. The van der Waals surface area contributed by atoms with Crippen molar-refractivity contribution in [2.75, 3.05) is 19.7 Å². The topological polar surface area (TPSA) is 80.5 Å². The minimum absolute atomic E-state index is 0.0832. The van der Waals surface area contributed by atoms with Crippen molar-refractivity contribution < 1.29 is 14.6 Å². The zero-order valence-corrected chi connectivity index (χ0v) is 11.9. The van der Waals surface area contributed by atoms with Crippen molar-refractivity contribution in [3.05, 3.63) is 12.2 Å². The zero-order valence-electron chi connectivity index (χ0n) is 11.9. The van der Waals surface area contributed by atoms with Crippen molar-refractivity contribution in [1.82, 2.24) is 19.7 Å². The van der Waals surface area contributed by atoms with Gasteiger partial charge < -0.3 is 9.84 Å². The van der Waals surface area contributed by atoms with Crippen LogP contribution in [0.4, 0.5) is 0 Å². The van der Waals surface area contributed by atoms with Crippen molar-refractivity contribution in [3.63, 3.8) is 0 Å². The molecule has 1 aromatic heterocycles. The molecule has 7 nitrogen and oxygen atoms in total. The fourth-order valence-corrected chi connectivity index (χ4v) is 2.42. The van der Waals surface area contributed by atoms with Crippen molar-refractivity contribution in [2.45, 2.75) is 45.4 Å². The monoisotopic (exact) mass is 282 g/mol. The van der Waals surface area contributed by atoms with Gasteiger partial charge in [-0.25, -0.2) is 9.67 Å². The summed E-state index contributed by atoms with van der Waals surface area (Å²) in [6, 6.07) is 0. The molecule has 0 aliphatic carbocycles. The molecule has 0 amide bonds. The lowest BCUT2D eigenvalue weighted by Crippen LogP contribution is -2.37. The van der Waals surface area contributed by atoms with Crippen LogP contribution >= 0.6 is 0 Å². The van der Waals surface area contributed by atoms with Gasteiger partial charge in [-0.1, -0.05) is 0 Å². The van der Waals surface area contributed by atoms with Crippen LogP contribution in [0.25, 0.3) is 0 Å². The molecule has 0 radical (unpaired) electrons. The highest BCUT2D eigenvalue weighted by Crippen LogP contribution is 2.15. The highest BCUT2D eigenvalue weighted by atomic mass is 16.5. The number of ether oxygens (including phenoxy) is 1. The van der Waals surface area contributed by atoms with Crippen molar-refractivity contribution in [1.29, 1.82) is 0 Å². The van der Waals surface area contributed by atoms with E-state index >= 15 is 0 Å². The first-order valence-electron chi connectivity index (χ1n) is 7.11. The first-order valence-corrected chi connectivity index (χ1v) is 7.11. The molecule has 2 heterocycles. The van der Waals surface area contributed by atoms with Gasteiger partial charge in [-0.05, 0) is 19.8 Å². The molecule has 0 saturated carbocycles. The summed E-state index contributed by atoms with van der Waals surface area (Å²) in [6.45, 7) is 5.92. The van der Waals surface area contributed by atoms with Gasteiger partial charge in [0.15, 0.2) is 0 Å². The standard InChI is InChI=1S/C13H22N4O3/c1-2-17-12(14-10-15-17)9-16-6-3-11(4-7-16)20-8-5-13(18)19/h10-11H,2-9H2,1H3,(H,18,19). The summed E-state index contributed by atoms with van der Waals surface area (Å²) >= 11 is 0. The molecule has 0 unspecified atom stereocenters. The van der Waals surface area contributed by atoms with Crippen LogP contribution in [0, 0.1) is 0 Å². The Kier molecular flexibility index (Phi) is 5.49. The predicted octanol–water partition coefficient (Wildman–Crippen LogP) is 0.754. The van der Waals surface area contributed by atoms with E-state index in [1.807, 2.05) is 4.68 Å². The van der Waals surface area contributed by atoms with Gasteiger partial charge in [0.25, 0.3) is 0 Å². The number of piperidine rings is 1. The van der Waals surface area contributed by atoms with E-state index in [4.69, 9.17) is 9.84 Å². The van der Waals surface area contributed by atoms with E-state index in [1.54, 1.807) is 6.33 Å². The molecular formula is C13H22N4O3. The maximum Gasteiger partial charge on any atom is 0.305 e. The fraction of sp³-hybridized carbons (Fsp3) is 0.769. The molecule has 112 valence electrons. The molecule has 0 bridgehead atoms. The van der Waals surface area contributed by atoms with Crippen LogP contribution in [0.5, 0.6) is 0 Å². The van der Waals surface area contributed by atoms with Crippen LogP contribution in [0.15, 0.2) is 6.33 Å². The van der Waals surface area contributed by atoms with Gasteiger partial charge in [-0.3, -0.25) is 9.69 Å². The van der Waals surface area contributed by atoms with Crippen molar-refractivity contribution in [2.24, 2.45) is 0 Å². The van der Waals surface area contributed by atoms with Crippen LogP contribution in [-0.2, 0) is 22.6 Å². The molecule has 1 saturated heterocycles. The number of aromatic nitrogens is 3. The maximum absolute atomic E-state index is 10.4. The number of rotatable bonds is 7. The van der Waals surface area contributed by atoms with Gasteiger partial charge in [-0.15, -0.1) is 0 Å². The third kappa shape index (κ3) is 4.28. The summed E-state index contributed by atoms with van der Waals surface area (Å²) in [5.74, 6) is 0.194. The summed E-state index contributed by atoms with van der Waals surface area (Å²) in [4.78, 5) is 17.1. The van der Waals surface area contributed by atoms with E-state index in [0.717, 1.165) is 44.8 Å². The highest BCUT2D eigenvalue weighted by molar-refractivity contribution is 5.66. The van der Waals surface area contributed by atoms with E-state index in [9.17, 15) is 4.79 Å². The summed E-state index contributed by atoms with van der Waals surface area (Å²) in [5.41, 5.74) is 0. The van der Waals surface area contributed by atoms with E-state index in [1.165, 1.54) is 0 Å². The highest BCUT2D eigenvalue weighted by Gasteiger charge is 2.21. The Balaban J connectivity index is 1.70. The van der Waals surface area contributed by atoms with E-state index in [2.05, 4.69) is 21.9 Å². The Bertz CT molecular complexity index is 427. The molecule has 0 atom stereocenters. The average molecular weight is 282 g/mol. The van der Waals surface area contributed by atoms with Crippen LogP contribution < -0.4 is 0 Å². The number of hydrogen-bond donors (Lipinski definition) is 1. The molecular weight excluding hydrogens is 260 g/mol. The van der Waals surface area contributed by atoms with Gasteiger partial charge in [0.2, 0.25) is 0 Å². The largest absolute Gasteiger partial charge is 0.481 e. The van der Waals surface area contributed by atoms with Crippen molar-refractivity contribution >= 4 is 5.97 Å². The molecule has 1 aromatic rings. The predicted molar refractivity (Wildman–Crippen MR) is 72.2 cm³/mol. The van der Waals surface area contributed by atoms with E-state index < -0.39 is 5.97 Å². The maximum atomic E-state index is 10.4. The first kappa shape index (κ1) is 14.9. The van der Waals surface area contributed by atoms with Crippen LogP contribution in [0.2, 0.25) is 0 Å². The van der Waals surface area contributed by atoms with Gasteiger partial charge in [0, 0.05) is 19.6 Å². The Morgan fingerprint density at radius 1 is 1.50 bits per heavy atom. The van der Waals surface area contributed by atoms with E-state index in [0.29, 0.717) is 6.61 Å². The van der Waals surface area contributed by atoms with Crippen LogP contribution in [-0.4, -0.2) is 56.5 Å². The van der Waals surface area contributed by atoms with Gasteiger partial charge in [-0.2, -0.15) is 5.10 Å². The summed E-state index contributed by atoms with van der Waals surface area (Å²) < 4.78 is 7.49. The second-order valence-electron chi connectivity index (χ2n) is 4.98. The number of carboxylic acid groups (broad SMARTS) is 1. The summed E-state index contributed by atoms with van der Waals surface area (Å²) in [5, 5.41) is 12.7. The number of aliphatic carboxylic acids is 1. The lowest BCUT2D eigenvalue weighted by atomic mass is 10.1. The second kappa shape index (κ2) is 7.35. The molecule has 1 aliphatic rings. The normalized spacial score (nSPS) is 17.4. The lowest BCUT2D eigenvalue weighted by Gasteiger charge is -2.31. The smallest absolute Gasteiger partial charge is 0.305 e. The molecule has 7 heteroatoms. The number of likely N-dealkylation sites (tertiary alicyclic amines) is 1. The van der Waals surface area contributed by atoms with Gasteiger partial charge in [0.1, 0.15) is 12.2 Å². The Morgan fingerprint density at radius 3 is 2.90 bits per heavy atom. The molecule has 0 aromatic carbocycles. The minimum atomic E-state index is -0.804. The number of carboxylic acids is 1. The Labute approximate surface area is 118 Å². The Hall–Kier alpha value is -1.47. The average Bonchev–Trinajstić information content (AvgIpc) is 2.87. The SMILES string of the molecule is CCn1ncnc1CN1CCC(OCCC(=O)O)CC1. The van der Waals surface area contributed by atoms with Crippen molar-refractivity contribution in [3.8, 4) is 0 Å². The van der Waals surface area contributed by atoms with Crippen LogP contribution in [0.1, 0.15) is 32.0 Å². The second-order valence-corrected chi connectivity index (χ2v) is 4.98. The third-order valence-corrected chi connectivity index (χ3v) is 3.56. The zero-order chi connectivity index (χ0) is 14.4. The minimum Gasteiger partial charge on any atom is -0.481 e. The molecule has 1 aliphatic heterocycles. The summed E-state index contributed by atoms with van der Waals surface area (Å²) in [6.07, 6.45) is 3.76. The summed E-state index contributed by atoms with van der Waals surface area (Å²) in [7, 11) is 0. The van der Waals surface area contributed by atoms with Crippen LogP contribution in [0.3, 0.4) is 0 Å².